The van der Waals surface area contributed by atoms with E-state index in [9.17, 15) is 8.42 Å². The molecule has 1 atom stereocenters. The molecule has 2 aliphatic rings. The summed E-state index contributed by atoms with van der Waals surface area (Å²) in [6.45, 7) is 1.24. The first-order valence-electron chi connectivity index (χ1n) is 6.94. The highest BCUT2D eigenvalue weighted by Gasteiger charge is 2.40. The van der Waals surface area contributed by atoms with E-state index in [1.807, 2.05) is 36.0 Å². The summed E-state index contributed by atoms with van der Waals surface area (Å²) in [6.07, 6.45) is 2.50. The van der Waals surface area contributed by atoms with E-state index in [1.165, 1.54) is 0 Å². The number of sulfonamides is 1. The summed E-state index contributed by atoms with van der Waals surface area (Å²) in [6, 6.07) is 7.87. The molecule has 1 saturated heterocycles. The van der Waals surface area contributed by atoms with Crippen LogP contribution in [-0.2, 0) is 10.0 Å². The van der Waals surface area contributed by atoms with Crippen molar-refractivity contribution in [2.75, 3.05) is 18.8 Å². The number of thioether (sulfide) groups is 1. The second-order valence-electron chi connectivity index (χ2n) is 5.31. The zero-order valence-electron chi connectivity index (χ0n) is 11.2. The highest BCUT2D eigenvalue weighted by molar-refractivity contribution is 7.99. The molecule has 0 bridgehead atoms. The molecule has 1 aliphatic heterocycles. The van der Waals surface area contributed by atoms with Crippen LogP contribution in [0.15, 0.2) is 24.3 Å². The summed E-state index contributed by atoms with van der Waals surface area (Å²) in [7, 11) is -3.04. The molecule has 6 heteroatoms. The van der Waals surface area contributed by atoms with Gasteiger partial charge in [-0.25, -0.2) is 12.7 Å². The molecule has 1 aromatic rings. The fourth-order valence-corrected chi connectivity index (χ4v) is 6.14. The third-order valence-corrected chi connectivity index (χ3v) is 7.91. The Balaban J connectivity index is 1.73. The molecule has 1 unspecified atom stereocenters. The Hall–Kier alpha value is -0.230. The Morgan fingerprint density at radius 3 is 2.60 bits per heavy atom. The quantitative estimate of drug-likeness (QED) is 0.852. The summed E-state index contributed by atoms with van der Waals surface area (Å²) >= 11 is 8.07. The van der Waals surface area contributed by atoms with Gasteiger partial charge in [0.05, 0.1) is 5.25 Å². The fourth-order valence-electron chi connectivity index (χ4n) is 2.57. The number of halogens is 1. The highest BCUT2D eigenvalue weighted by Crippen LogP contribution is 2.39. The third-order valence-electron chi connectivity index (χ3n) is 3.86. The molecule has 0 N–H and O–H groups in total. The van der Waals surface area contributed by atoms with Gasteiger partial charge in [0, 0.05) is 29.1 Å². The van der Waals surface area contributed by atoms with Crippen LogP contribution in [0.4, 0.5) is 0 Å². The van der Waals surface area contributed by atoms with Gasteiger partial charge in [0.2, 0.25) is 10.0 Å². The smallest absolute Gasteiger partial charge is 0.212 e. The van der Waals surface area contributed by atoms with E-state index in [2.05, 4.69) is 0 Å². The molecule has 0 aromatic heterocycles. The van der Waals surface area contributed by atoms with Gasteiger partial charge in [-0.15, -0.1) is 0 Å². The maximum Gasteiger partial charge on any atom is 0.217 e. The fraction of sp³-hybridized carbons (Fsp3) is 0.571. The maximum atomic E-state index is 12.3. The summed E-state index contributed by atoms with van der Waals surface area (Å²) in [5.74, 6) is 0.835. The lowest BCUT2D eigenvalue weighted by Gasteiger charge is -2.19. The second kappa shape index (κ2) is 5.87. The monoisotopic (exact) mass is 331 g/mol. The van der Waals surface area contributed by atoms with E-state index >= 15 is 0 Å². The molecule has 20 heavy (non-hydrogen) atoms. The summed E-state index contributed by atoms with van der Waals surface area (Å²) in [5, 5.41) is 0.968. The van der Waals surface area contributed by atoms with Crippen LogP contribution in [0.1, 0.15) is 30.1 Å². The second-order valence-corrected chi connectivity index (χ2v) is 9.24. The van der Waals surface area contributed by atoms with Crippen LogP contribution in [0.3, 0.4) is 0 Å². The minimum absolute atomic E-state index is 0.107. The van der Waals surface area contributed by atoms with Crippen LogP contribution in [0.5, 0.6) is 0 Å². The number of benzene rings is 1. The molecular weight excluding hydrogens is 314 g/mol. The SMILES string of the molecule is O=S(=O)(C1CC1)N1CCSC(c2ccccc2Cl)CC1. The number of nitrogens with zero attached hydrogens (tertiary/aromatic N) is 1. The predicted molar refractivity (Wildman–Crippen MR) is 84.8 cm³/mol. The molecule has 0 radical (unpaired) electrons. The summed E-state index contributed by atoms with van der Waals surface area (Å²) in [4.78, 5) is 0. The zero-order valence-corrected chi connectivity index (χ0v) is 13.6. The van der Waals surface area contributed by atoms with E-state index in [0.29, 0.717) is 18.3 Å². The van der Waals surface area contributed by atoms with E-state index < -0.39 is 10.0 Å². The van der Waals surface area contributed by atoms with Crippen molar-refractivity contribution in [3.05, 3.63) is 34.9 Å². The van der Waals surface area contributed by atoms with Gasteiger partial charge in [-0.1, -0.05) is 29.8 Å². The van der Waals surface area contributed by atoms with Crippen molar-refractivity contribution in [2.45, 2.75) is 29.8 Å². The number of hydrogen-bond donors (Lipinski definition) is 0. The average molecular weight is 332 g/mol. The summed E-state index contributed by atoms with van der Waals surface area (Å²) < 4.78 is 26.3. The first-order chi connectivity index (χ1) is 9.59. The third kappa shape index (κ3) is 3.01. The minimum Gasteiger partial charge on any atom is -0.212 e. The van der Waals surface area contributed by atoms with Crippen LogP contribution in [0.25, 0.3) is 0 Å². The molecule has 110 valence electrons. The van der Waals surface area contributed by atoms with Gasteiger partial charge in [-0.3, -0.25) is 0 Å². The normalized spacial score (nSPS) is 25.4. The van der Waals surface area contributed by atoms with Crippen LogP contribution in [-0.4, -0.2) is 36.8 Å². The lowest BCUT2D eigenvalue weighted by molar-refractivity contribution is 0.427. The molecule has 0 amide bonds. The van der Waals surface area contributed by atoms with Crippen LogP contribution >= 0.6 is 23.4 Å². The number of hydrogen-bond acceptors (Lipinski definition) is 3. The molecule has 0 spiro atoms. The lowest BCUT2D eigenvalue weighted by atomic mass is 10.1. The van der Waals surface area contributed by atoms with E-state index in [4.69, 9.17) is 11.6 Å². The Morgan fingerprint density at radius 1 is 1.15 bits per heavy atom. The van der Waals surface area contributed by atoms with Gasteiger partial charge in [-0.2, -0.15) is 11.8 Å². The van der Waals surface area contributed by atoms with Crippen LogP contribution < -0.4 is 0 Å². The molecule has 1 heterocycles. The molecular formula is C14H18ClNO2S2. The van der Waals surface area contributed by atoms with Crippen molar-refractivity contribution < 1.29 is 8.42 Å². The molecule has 2 fully saturated rings. The molecule has 1 aliphatic carbocycles. The first kappa shape index (κ1) is 14.7. The molecule has 3 rings (SSSR count). The average Bonchev–Trinajstić information content (AvgIpc) is 3.26. The van der Waals surface area contributed by atoms with Gasteiger partial charge >= 0.3 is 0 Å². The van der Waals surface area contributed by atoms with Gasteiger partial charge < -0.3 is 0 Å². The van der Waals surface area contributed by atoms with Crippen molar-refractivity contribution >= 4 is 33.4 Å². The Morgan fingerprint density at radius 2 is 1.90 bits per heavy atom. The standard InChI is InChI=1S/C14H18ClNO2S2/c15-13-4-2-1-3-12(13)14-7-8-16(9-10-19-14)20(17,18)11-5-6-11/h1-4,11,14H,5-10H2. The van der Waals surface area contributed by atoms with Gasteiger partial charge in [0.1, 0.15) is 0 Å². The topological polar surface area (TPSA) is 37.4 Å². The highest BCUT2D eigenvalue weighted by atomic mass is 35.5. The van der Waals surface area contributed by atoms with Crippen molar-refractivity contribution in [2.24, 2.45) is 0 Å². The van der Waals surface area contributed by atoms with Gasteiger partial charge in [0.15, 0.2) is 0 Å². The van der Waals surface area contributed by atoms with Crippen molar-refractivity contribution in [3.8, 4) is 0 Å². The summed E-state index contributed by atoms with van der Waals surface area (Å²) in [5.41, 5.74) is 1.13. The lowest BCUT2D eigenvalue weighted by Crippen LogP contribution is -2.35. The molecule has 1 aromatic carbocycles. The maximum absolute atomic E-state index is 12.3. The molecule has 3 nitrogen and oxygen atoms in total. The minimum atomic E-state index is -3.04. The predicted octanol–water partition coefficient (Wildman–Crippen LogP) is 3.31. The van der Waals surface area contributed by atoms with Crippen LogP contribution in [0, 0.1) is 0 Å². The van der Waals surface area contributed by atoms with Gasteiger partial charge in [-0.05, 0) is 30.9 Å². The molecule has 1 saturated carbocycles. The Bertz CT molecular complexity index is 587. The van der Waals surface area contributed by atoms with Gasteiger partial charge in [0.25, 0.3) is 0 Å². The van der Waals surface area contributed by atoms with E-state index in [-0.39, 0.29) is 5.25 Å². The Kier molecular flexibility index (Phi) is 4.32. The van der Waals surface area contributed by atoms with E-state index in [0.717, 1.165) is 35.6 Å². The number of rotatable bonds is 3. The Labute approximate surface area is 129 Å². The first-order valence-corrected chi connectivity index (χ1v) is 9.87. The van der Waals surface area contributed by atoms with Crippen molar-refractivity contribution in [3.63, 3.8) is 0 Å². The van der Waals surface area contributed by atoms with Crippen LogP contribution in [0.2, 0.25) is 5.02 Å². The van der Waals surface area contributed by atoms with Crippen molar-refractivity contribution in [1.82, 2.24) is 4.31 Å². The largest absolute Gasteiger partial charge is 0.217 e. The van der Waals surface area contributed by atoms with E-state index in [1.54, 1.807) is 4.31 Å². The zero-order chi connectivity index (χ0) is 14.2. The van der Waals surface area contributed by atoms with Crippen molar-refractivity contribution in [1.29, 1.82) is 0 Å².